The fourth-order valence-electron chi connectivity index (χ4n) is 8.73. The molecule has 0 aromatic rings. The summed E-state index contributed by atoms with van der Waals surface area (Å²) in [4.78, 5) is 2.19. The second-order valence-electron chi connectivity index (χ2n) is 13.5. The molecule has 2 saturated heterocycles. The van der Waals surface area contributed by atoms with Gasteiger partial charge in [-0.3, -0.25) is 20.9 Å². The fraction of sp³-hybridized carbons (Fsp3) is 1.00. The Morgan fingerprint density at radius 1 is 0.923 bits per heavy atom. The summed E-state index contributed by atoms with van der Waals surface area (Å²) < 4.78 is 46.1. The lowest BCUT2D eigenvalue weighted by Crippen LogP contribution is -2.69. The highest BCUT2D eigenvalue weighted by Gasteiger charge is 2.47. The third kappa shape index (κ3) is 7.30. The van der Waals surface area contributed by atoms with Crippen molar-refractivity contribution < 1.29 is 23.0 Å². The smallest absolute Gasteiger partial charge is 0.379 e. The number of hydrogen-bond acceptors (Lipinski definition) is 7. The van der Waals surface area contributed by atoms with Crippen LogP contribution in [0.3, 0.4) is 0 Å². The molecule has 9 unspecified atom stereocenters. The summed E-state index contributed by atoms with van der Waals surface area (Å²) in [7, 11) is 0. The highest BCUT2D eigenvalue weighted by molar-refractivity contribution is 4.99. The van der Waals surface area contributed by atoms with E-state index >= 15 is 0 Å². The van der Waals surface area contributed by atoms with E-state index in [1.165, 1.54) is 19.3 Å². The molecule has 0 aromatic carbocycles. The number of alkyl halides is 3. The van der Waals surface area contributed by atoms with Crippen molar-refractivity contribution >= 4 is 0 Å². The first kappa shape index (κ1) is 30.0. The Labute approximate surface area is 232 Å². The molecular formula is C29H52F3N5O2. The van der Waals surface area contributed by atoms with Gasteiger partial charge >= 0.3 is 6.18 Å². The lowest BCUT2D eigenvalue weighted by Gasteiger charge is -2.51. The quantitative estimate of drug-likeness (QED) is 0.341. The summed E-state index contributed by atoms with van der Waals surface area (Å²) in [5.74, 6) is 0.766. The van der Waals surface area contributed by atoms with Crippen LogP contribution in [0.15, 0.2) is 0 Å². The number of nitrogens with zero attached hydrogens (tertiary/aromatic N) is 1. The van der Waals surface area contributed by atoms with E-state index in [0.29, 0.717) is 49.3 Å². The first-order valence-corrected chi connectivity index (χ1v) is 15.7. The Hall–Kier alpha value is -0.490. The highest BCUT2D eigenvalue weighted by atomic mass is 19.4. The van der Waals surface area contributed by atoms with Crippen LogP contribution in [0.5, 0.6) is 0 Å². The second-order valence-corrected chi connectivity index (χ2v) is 13.5. The maximum absolute atomic E-state index is 13.5. The van der Waals surface area contributed by atoms with E-state index in [1.807, 2.05) is 0 Å². The van der Waals surface area contributed by atoms with Crippen molar-refractivity contribution in [3.05, 3.63) is 0 Å². The van der Waals surface area contributed by atoms with Crippen LogP contribution in [0.1, 0.15) is 78.1 Å². The molecule has 0 bridgehead atoms. The van der Waals surface area contributed by atoms with Gasteiger partial charge in [-0.05, 0) is 102 Å². The Morgan fingerprint density at radius 2 is 1.62 bits per heavy atom. The molecule has 0 spiro atoms. The summed E-state index contributed by atoms with van der Waals surface area (Å²) in [5, 5.41) is 22.2. The van der Waals surface area contributed by atoms with E-state index in [9.17, 15) is 18.3 Å². The molecule has 39 heavy (non-hydrogen) atoms. The van der Waals surface area contributed by atoms with Gasteiger partial charge < -0.3 is 15.6 Å². The SMILES string of the molecule is CC1NC2CCC(C3CCC(C(O)N4CCOCC4)CC3)CC2C(NC(C)C2CC(C(F)(F)F)C[C@@H](N)C2)N1. The molecule has 7 nitrogen and oxygen atoms in total. The van der Waals surface area contributed by atoms with E-state index in [4.69, 9.17) is 10.5 Å². The number of ether oxygens (including phenoxy) is 1. The first-order valence-electron chi connectivity index (χ1n) is 15.7. The number of halogens is 3. The van der Waals surface area contributed by atoms with Crippen molar-refractivity contribution in [1.29, 1.82) is 0 Å². The number of morpholine rings is 1. The minimum Gasteiger partial charge on any atom is -0.379 e. The van der Waals surface area contributed by atoms with Crippen LogP contribution in [-0.4, -0.2) is 79.2 Å². The van der Waals surface area contributed by atoms with Crippen LogP contribution in [-0.2, 0) is 4.74 Å². The maximum atomic E-state index is 13.5. The summed E-state index contributed by atoms with van der Waals surface area (Å²) in [6.45, 7) is 7.26. The molecule has 2 aliphatic heterocycles. The number of aliphatic hydroxyl groups excluding tert-OH is 1. The predicted octanol–water partition coefficient (Wildman–Crippen LogP) is 3.38. The zero-order valence-corrected chi connectivity index (χ0v) is 23.8. The molecule has 226 valence electrons. The van der Waals surface area contributed by atoms with E-state index < -0.39 is 12.1 Å². The van der Waals surface area contributed by atoms with Gasteiger partial charge in [0.25, 0.3) is 0 Å². The van der Waals surface area contributed by atoms with Crippen LogP contribution in [0.25, 0.3) is 0 Å². The summed E-state index contributed by atoms with van der Waals surface area (Å²) in [6, 6.07) is 0.0172. The molecule has 3 aliphatic carbocycles. The van der Waals surface area contributed by atoms with Gasteiger partial charge in [-0.2, -0.15) is 13.2 Å². The number of fused-ring (bicyclic) bond motifs is 1. The Morgan fingerprint density at radius 3 is 2.31 bits per heavy atom. The largest absolute Gasteiger partial charge is 0.391 e. The molecule has 2 heterocycles. The Kier molecular flexibility index (Phi) is 9.84. The highest BCUT2D eigenvalue weighted by Crippen LogP contribution is 2.45. The van der Waals surface area contributed by atoms with Gasteiger partial charge in [-0.15, -0.1) is 0 Å². The van der Waals surface area contributed by atoms with E-state index in [-0.39, 0.29) is 49.4 Å². The van der Waals surface area contributed by atoms with Crippen LogP contribution in [0, 0.1) is 35.5 Å². The molecule has 10 atom stereocenters. The van der Waals surface area contributed by atoms with Crippen LogP contribution in [0.2, 0.25) is 0 Å². The molecule has 3 saturated carbocycles. The van der Waals surface area contributed by atoms with Crippen molar-refractivity contribution in [3.63, 3.8) is 0 Å². The lowest BCUT2D eigenvalue weighted by molar-refractivity contribution is -0.188. The van der Waals surface area contributed by atoms with Gasteiger partial charge in [0, 0.05) is 37.1 Å². The molecule has 0 aromatic heterocycles. The zero-order valence-electron chi connectivity index (χ0n) is 23.8. The second kappa shape index (κ2) is 12.8. The topological polar surface area (TPSA) is 94.8 Å². The summed E-state index contributed by atoms with van der Waals surface area (Å²) in [5.41, 5.74) is 6.11. The minimum atomic E-state index is -4.17. The molecular weight excluding hydrogens is 507 g/mol. The lowest BCUT2D eigenvalue weighted by atomic mass is 9.66. The molecule has 5 aliphatic rings. The van der Waals surface area contributed by atoms with Crippen molar-refractivity contribution in [2.45, 2.75) is 121 Å². The molecule has 0 amide bonds. The molecule has 0 radical (unpaired) electrons. The average Bonchev–Trinajstić information content (AvgIpc) is 2.92. The zero-order chi connectivity index (χ0) is 27.7. The third-order valence-corrected chi connectivity index (χ3v) is 11.0. The predicted molar refractivity (Wildman–Crippen MR) is 145 cm³/mol. The summed E-state index contributed by atoms with van der Waals surface area (Å²) >= 11 is 0. The van der Waals surface area contributed by atoms with Gasteiger partial charge in [0.05, 0.1) is 31.5 Å². The van der Waals surface area contributed by atoms with Gasteiger partial charge in [0.1, 0.15) is 6.23 Å². The normalized spacial score (nSPS) is 44.4. The summed E-state index contributed by atoms with van der Waals surface area (Å²) in [6.07, 6.45) is 4.65. The van der Waals surface area contributed by atoms with Crippen LogP contribution < -0.4 is 21.7 Å². The standard InChI is InChI=1S/C29H52F3N5O2/c1-17(22-13-23(29(30,31)32)16-24(33)14-22)34-27-25-15-21(7-8-26(25)35-18(2)36-27)19-3-5-20(6-4-19)28(38)37-9-11-39-12-10-37/h17-28,34-36,38H,3-16,33H2,1-2H3/t17?,18?,19?,20?,21?,22?,23?,24-,25?,26?,27?,28?/m0/s1. The molecule has 5 fully saturated rings. The minimum absolute atomic E-state index is 0.0258. The number of aliphatic hydroxyl groups is 1. The monoisotopic (exact) mass is 559 g/mol. The first-order chi connectivity index (χ1) is 18.6. The van der Waals surface area contributed by atoms with E-state index in [0.717, 1.165) is 38.8 Å². The van der Waals surface area contributed by atoms with E-state index in [1.54, 1.807) is 0 Å². The van der Waals surface area contributed by atoms with Crippen molar-refractivity contribution in [2.24, 2.45) is 41.2 Å². The number of rotatable bonds is 6. The van der Waals surface area contributed by atoms with E-state index in [2.05, 4.69) is 34.7 Å². The molecule has 10 heteroatoms. The molecule has 5 rings (SSSR count). The van der Waals surface area contributed by atoms with Crippen molar-refractivity contribution in [3.8, 4) is 0 Å². The van der Waals surface area contributed by atoms with Crippen molar-refractivity contribution in [2.75, 3.05) is 26.3 Å². The van der Waals surface area contributed by atoms with Gasteiger partial charge in [0.2, 0.25) is 0 Å². The van der Waals surface area contributed by atoms with Crippen LogP contribution in [0.4, 0.5) is 13.2 Å². The molecule has 6 N–H and O–H groups in total. The Bertz CT molecular complexity index is 777. The average molecular weight is 560 g/mol. The number of hydrogen-bond donors (Lipinski definition) is 5. The van der Waals surface area contributed by atoms with Crippen molar-refractivity contribution in [1.82, 2.24) is 20.9 Å². The Balaban J connectivity index is 1.16. The number of nitrogens with two attached hydrogens (primary N) is 1. The maximum Gasteiger partial charge on any atom is 0.391 e. The number of nitrogens with one attached hydrogen (secondary N) is 3. The van der Waals surface area contributed by atoms with Crippen LogP contribution >= 0.6 is 0 Å². The van der Waals surface area contributed by atoms with Gasteiger partial charge in [-0.1, -0.05) is 0 Å². The van der Waals surface area contributed by atoms with Gasteiger partial charge in [-0.25, -0.2) is 0 Å². The fourth-order valence-corrected chi connectivity index (χ4v) is 8.73. The third-order valence-electron chi connectivity index (χ3n) is 11.0. The van der Waals surface area contributed by atoms with Gasteiger partial charge in [0.15, 0.2) is 0 Å².